The van der Waals surface area contributed by atoms with Crippen molar-refractivity contribution < 1.29 is 33.4 Å². The van der Waals surface area contributed by atoms with Gasteiger partial charge in [-0.25, -0.2) is 4.79 Å². The fourth-order valence-electron chi connectivity index (χ4n) is 5.28. The minimum absolute atomic E-state index is 0.0767. The molecule has 2 fully saturated rings. The fourth-order valence-corrected chi connectivity index (χ4v) is 5.28. The Morgan fingerprint density at radius 3 is 2.65 bits per heavy atom. The highest BCUT2D eigenvalue weighted by Crippen LogP contribution is 2.32. The standard InChI is InChI=1S/C28H39N5O7/c1-28(2,3)40-27(38)30-16-18-6-5-12-32(17-18)13-15-39-14-11-29-20-8-4-7-19-23(20)26(37)33(25(19)36)21-9-10-22(34)31-24(21)35/h4,7-8,18,21,29H,5-6,9-17H2,1-3H3,(H,30,38)(H,31,34,35). The number of likely N-dealkylation sites (tertiary alicyclic amines) is 1. The van der Waals surface area contributed by atoms with Crippen molar-refractivity contribution in [3.63, 3.8) is 0 Å². The molecule has 12 heteroatoms. The number of rotatable bonds is 10. The second-order valence-corrected chi connectivity index (χ2v) is 11.4. The van der Waals surface area contributed by atoms with Crippen LogP contribution >= 0.6 is 0 Å². The number of piperidine rings is 2. The molecule has 12 nitrogen and oxygen atoms in total. The molecule has 0 aromatic heterocycles. The Morgan fingerprint density at radius 2 is 1.90 bits per heavy atom. The summed E-state index contributed by atoms with van der Waals surface area (Å²) in [6.07, 6.45) is 1.92. The minimum atomic E-state index is -0.997. The highest BCUT2D eigenvalue weighted by Gasteiger charge is 2.45. The quantitative estimate of drug-likeness (QED) is 0.289. The van der Waals surface area contributed by atoms with E-state index in [4.69, 9.17) is 9.47 Å². The van der Waals surface area contributed by atoms with E-state index in [1.807, 2.05) is 20.8 Å². The van der Waals surface area contributed by atoms with Crippen molar-refractivity contribution in [1.82, 2.24) is 20.4 Å². The summed E-state index contributed by atoms with van der Waals surface area (Å²) in [5.41, 5.74) is 0.460. The number of amides is 5. The van der Waals surface area contributed by atoms with Crippen LogP contribution in [0.1, 0.15) is 67.2 Å². The Balaban J connectivity index is 1.19. The number of fused-ring (bicyclic) bond motifs is 1. The summed E-state index contributed by atoms with van der Waals surface area (Å²) in [6.45, 7) is 10.1. The molecule has 218 valence electrons. The van der Waals surface area contributed by atoms with Crippen molar-refractivity contribution in [1.29, 1.82) is 0 Å². The second-order valence-electron chi connectivity index (χ2n) is 11.4. The third-order valence-corrected chi connectivity index (χ3v) is 7.12. The number of carbonyl (C=O) groups is 5. The third kappa shape index (κ3) is 7.36. The van der Waals surface area contributed by atoms with E-state index in [9.17, 15) is 24.0 Å². The summed E-state index contributed by atoms with van der Waals surface area (Å²) in [5.74, 6) is -1.75. The van der Waals surface area contributed by atoms with E-state index in [0.717, 1.165) is 37.4 Å². The number of nitrogens with one attached hydrogen (secondary N) is 3. The van der Waals surface area contributed by atoms with Gasteiger partial charge in [0.15, 0.2) is 0 Å². The van der Waals surface area contributed by atoms with Crippen LogP contribution in [0.5, 0.6) is 0 Å². The van der Waals surface area contributed by atoms with Crippen LogP contribution in [0.2, 0.25) is 0 Å². The van der Waals surface area contributed by atoms with Crippen LogP contribution in [0, 0.1) is 5.92 Å². The molecule has 1 aromatic rings. The summed E-state index contributed by atoms with van der Waals surface area (Å²) in [4.78, 5) is 65.1. The largest absolute Gasteiger partial charge is 0.444 e. The van der Waals surface area contributed by atoms with E-state index in [-0.39, 0.29) is 30.1 Å². The molecule has 3 heterocycles. The van der Waals surface area contributed by atoms with Crippen molar-refractivity contribution >= 4 is 35.4 Å². The number of hydrogen-bond acceptors (Lipinski definition) is 9. The fraction of sp³-hybridized carbons (Fsp3) is 0.607. The maximum Gasteiger partial charge on any atom is 0.407 e. The van der Waals surface area contributed by atoms with Crippen molar-refractivity contribution in [2.24, 2.45) is 5.92 Å². The van der Waals surface area contributed by atoms with Crippen LogP contribution in [0.25, 0.3) is 0 Å². The summed E-state index contributed by atoms with van der Waals surface area (Å²) in [6, 6.07) is 3.98. The van der Waals surface area contributed by atoms with E-state index in [1.165, 1.54) is 0 Å². The van der Waals surface area contributed by atoms with Gasteiger partial charge in [0.2, 0.25) is 11.8 Å². The van der Waals surface area contributed by atoms with Crippen LogP contribution < -0.4 is 16.0 Å². The molecule has 0 radical (unpaired) electrons. The molecule has 2 unspecified atom stereocenters. The number of nitrogens with zero attached hydrogens (tertiary/aromatic N) is 2. The Hall–Kier alpha value is -3.51. The van der Waals surface area contributed by atoms with Crippen LogP contribution in [0.3, 0.4) is 0 Å². The Kier molecular flexibility index (Phi) is 9.41. The molecule has 3 aliphatic heterocycles. The number of ether oxygens (including phenoxy) is 2. The number of anilines is 1. The summed E-state index contributed by atoms with van der Waals surface area (Å²) >= 11 is 0. The van der Waals surface area contributed by atoms with Crippen LogP contribution in [-0.4, -0.2) is 97.1 Å². The van der Waals surface area contributed by atoms with E-state index >= 15 is 0 Å². The van der Waals surface area contributed by atoms with Crippen molar-refractivity contribution in [2.45, 2.75) is 58.1 Å². The Labute approximate surface area is 234 Å². The van der Waals surface area contributed by atoms with Gasteiger partial charge in [-0.05, 0) is 64.6 Å². The van der Waals surface area contributed by atoms with Gasteiger partial charge >= 0.3 is 6.09 Å². The lowest BCUT2D eigenvalue weighted by molar-refractivity contribution is -0.136. The van der Waals surface area contributed by atoms with Gasteiger partial charge in [-0.2, -0.15) is 0 Å². The molecule has 0 saturated carbocycles. The second kappa shape index (κ2) is 12.8. The van der Waals surface area contributed by atoms with Crippen molar-refractivity contribution in [3.05, 3.63) is 29.3 Å². The first-order valence-electron chi connectivity index (χ1n) is 13.9. The molecule has 1 aromatic carbocycles. The highest BCUT2D eigenvalue weighted by molar-refractivity contribution is 6.25. The molecule has 3 N–H and O–H groups in total. The lowest BCUT2D eigenvalue weighted by Gasteiger charge is -2.32. The number of carbonyl (C=O) groups excluding carboxylic acids is 5. The Bertz CT molecular complexity index is 1150. The third-order valence-electron chi connectivity index (χ3n) is 7.12. The smallest absolute Gasteiger partial charge is 0.407 e. The van der Waals surface area contributed by atoms with Crippen LogP contribution in [0.4, 0.5) is 10.5 Å². The van der Waals surface area contributed by atoms with Gasteiger partial charge in [0.05, 0.1) is 24.3 Å². The van der Waals surface area contributed by atoms with Crippen LogP contribution in [0.15, 0.2) is 18.2 Å². The first kappa shape index (κ1) is 29.5. The van der Waals surface area contributed by atoms with Gasteiger partial charge in [0.25, 0.3) is 11.8 Å². The van der Waals surface area contributed by atoms with Crippen molar-refractivity contribution in [2.75, 3.05) is 51.3 Å². The average molecular weight is 558 g/mol. The summed E-state index contributed by atoms with van der Waals surface area (Å²) < 4.78 is 11.1. The molecule has 40 heavy (non-hydrogen) atoms. The predicted octanol–water partition coefficient (Wildman–Crippen LogP) is 1.75. The molecule has 3 aliphatic rings. The molecular weight excluding hydrogens is 518 g/mol. The van der Waals surface area contributed by atoms with Gasteiger partial charge in [0, 0.05) is 38.3 Å². The number of hydrogen-bond donors (Lipinski definition) is 3. The number of imide groups is 2. The normalized spacial score (nSPS) is 21.7. The van der Waals surface area contributed by atoms with Gasteiger partial charge < -0.3 is 25.0 Å². The molecule has 5 amide bonds. The molecule has 4 rings (SSSR count). The molecule has 0 spiro atoms. The van der Waals surface area contributed by atoms with Crippen LogP contribution in [-0.2, 0) is 19.1 Å². The van der Waals surface area contributed by atoms with E-state index in [0.29, 0.717) is 37.9 Å². The van der Waals surface area contributed by atoms with E-state index in [2.05, 4.69) is 20.9 Å². The molecule has 0 aliphatic carbocycles. The maximum absolute atomic E-state index is 13.2. The Morgan fingerprint density at radius 1 is 1.10 bits per heavy atom. The predicted molar refractivity (Wildman–Crippen MR) is 146 cm³/mol. The van der Waals surface area contributed by atoms with Gasteiger partial charge in [-0.3, -0.25) is 29.4 Å². The molecule has 2 saturated heterocycles. The monoisotopic (exact) mass is 557 g/mol. The lowest BCUT2D eigenvalue weighted by atomic mass is 9.98. The van der Waals surface area contributed by atoms with Gasteiger partial charge in [0.1, 0.15) is 11.6 Å². The van der Waals surface area contributed by atoms with Gasteiger partial charge in [-0.1, -0.05) is 6.07 Å². The van der Waals surface area contributed by atoms with E-state index < -0.39 is 35.3 Å². The topological polar surface area (TPSA) is 146 Å². The summed E-state index contributed by atoms with van der Waals surface area (Å²) in [5, 5.41) is 8.26. The zero-order valence-electron chi connectivity index (χ0n) is 23.4. The zero-order valence-corrected chi connectivity index (χ0v) is 23.4. The van der Waals surface area contributed by atoms with E-state index in [1.54, 1.807) is 18.2 Å². The number of alkyl carbamates (subject to hydrolysis) is 1. The average Bonchev–Trinajstić information content (AvgIpc) is 3.14. The first-order valence-corrected chi connectivity index (χ1v) is 13.9. The molecule has 0 bridgehead atoms. The van der Waals surface area contributed by atoms with Crippen molar-refractivity contribution in [3.8, 4) is 0 Å². The lowest BCUT2D eigenvalue weighted by Crippen LogP contribution is -2.54. The first-order chi connectivity index (χ1) is 19.0. The zero-order chi connectivity index (χ0) is 28.9. The number of benzene rings is 1. The SMILES string of the molecule is CC(C)(C)OC(=O)NCC1CCCN(CCOCCNc2cccc3c2C(=O)N(C2CCC(=O)NC2=O)C3=O)C1. The molecular formula is C28H39N5O7. The summed E-state index contributed by atoms with van der Waals surface area (Å²) in [7, 11) is 0. The molecule has 2 atom stereocenters. The minimum Gasteiger partial charge on any atom is -0.444 e. The maximum atomic E-state index is 13.2. The van der Waals surface area contributed by atoms with Gasteiger partial charge in [-0.15, -0.1) is 0 Å². The highest BCUT2D eigenvalue weighted by atomic mass is 16.6.